The number of fused-ring (bicyclic) bond motifs is 7. The summed E-state index contributed by atoms with van der Waals surface area (Å²) in [5.41, 5.74) is 1.50. The Labute approximate surface area is 219 Å². The van der Waals surface area contributed by atoms with Crippen LogP contribution in [0.3, 0.4) is 0 Å². The highest BCUT2D eigenvalue weighted by Crippen LogP contribution is 2.75. The molecule has 0 bridgehead atoms. The highest BCUT2D eigenvalue weighted by Gasteiger charge is 2.69. The van der Waals surface area contributed by atoms with Gasteiger partial charge in [0.05, 0.1) is 5.41 Å². The molecule has 4 fully saturated rings. The van der Waals surface area contributed by atoms with Gasteiger partial charge in [-0.15, -0.1) is 0 Å². The molecule has 4 nitrogen and oxygen atoms in total. The fraction of sp³-hybridized carbons (Fsp3) is 0.875. The average Bonchev–Trinajstić information content (AvgIpc) is 2.75. The van der Waals surface area contributed by atoms with E-state index in [9.17, 15) is 14.7 Å². The minimum atomic E-state index is -0.574. The maximum atomic E-state index is 12.8. The zero-order valence-corrected chi connectivity index (χ0v) is 24.1. The van der Waals surface area contributed by atoms with Gasteiger partial charge in [0, 0.05) is 12.3 Å². The number of carbonyl (C=O) groups excluding carboxylic acids is 1. The first kappa shape index (κ1) is 26.3. The van der Waals surface area contributed by atoms with Crippen LogP contribution in [0, 0.1) is 50.2 Å². The maximum absolute atomic E-state index is 12.8. The van der Waals surface area contributed by atoms with Gasteiger partial charge in [-0.1, -0.05) is 60.1 Å². The number of hydrogen-bond donors (Lipinski definition) is 1. The summed E-state index contributed by atoms with van der Waals surface area (Å²) in [4.78, 5) is 24.7. The molecule has 0 aromatic heterocycles. The normalized spacial score (nSPS) is 48.8. The molecule has 8 atom stereocenters. The number of rotatable bonds is 2. The zero-order chi connectivity index (χ0) is 26.5. The van der Waals surface area contributed by atoms with E-state index in [1.165, 1.54) is 12.0 Å². The van der Waals surface area contributed by atoms with Crippen molar-refractivity contribution in [1.29, 1.82) is 0 Å². The van der Waals surface area contributed by atoms with Crippen LogP contribution in [0.5, 0.6) is 0 Å². The van der Waals surface area contributed by atoms with Crippen LogP contribution < -0.4 is 0 Å². The fourth-order valence-corrected chi connectivity index (χ4v) is 11.0. The standard InChI is InChI=1S/C32H50O4/c1-20(33)36-25-12-13-29(6)23(28(25,4)5)11-14-31(8)24(29)10-9-21-22-19-27(2,3)15-17-32(22,26(34)35)18-16-30(21,31)7/h9,22-25H,10-19H2,1-8H3,(H,34,35)/t22?,23-,24+,25-,29-,30+,31+,32?/m0/s1. The molecule has 0 aliphatic heterocycles. The molecule has 0 spiro atoms. The van der Waals surface area contributed by atoms with Gasteiger partial charge < -0.3 is 9.84 Å². The summed E-state index contributed by atoms with van der Waals surface area (Å²) in [5, 5.41) is 10.5. The maximum Gasteiger partial charge on any atom is 0.310 e. The number of hydrogen-bond acceptors (Lipinski definition) is 3. The molecular formula is C32H50O4. The van der Waals surface area contributed by atoms with Gasteiger partial charge >= 0.3 is 11.9 Å². The average molecular weight is 499 g/mol. The SMILES string of the molecule is CC(=O)O[C@H]1CC[C@]2(C)[C@H]3CC=C4C5CC(C)(C)CCC5(C(=O)O)CC[C@@]4(C)[C@]3(C)CC[C@H]2C1(C)C. The van der Waals surface area contributed by atoms with E-state index >= 15 is 0 Å². The molecule has 202 valence electrons. The number of carbonyl (C=O) groups is 2. The molecule has 0 saturated heterocycles. The highest BCUT2D eigenvalue weighted by atomic mass is 16.5. The predicted octanol–water partition coefficient (Wildman–Crippen LogP) is 7.80. The van der Waals surface area contributed by atoms with Gasteiger partial charge in [-0.2, -0.15) is 0 Å². The second kappa shape index (κ2) is 7.85. The van der Waals surface area contributed by atoms with Crippen LogP contribution in [0.15, 0.2) is 11.6 Å². The Morgan fingerprint density at radius 1 is 0.889 bits per heavy atom. The first-order valence-electron chi connectivity index (χ1n) is 14.6. The van der Waals surface area contributed by atoms with Gasteiger partial charge in [0.25, 0.3) is 0 Å². The largest absolute Gasteiger partial charge is 0.481 e. The van der Waals surface area contributed by atoms with Crippen LogP contribution in [0.25, 0.3) is 0 Å². The van der Waals surface area contributed by atoms with E-state index in [2.05, 4.69) is 54.5 Å². The molecule has 5 aliphatic carbocycles. The highest BCUT2D eigenvalue weighted by molar-refractivity contribution is 5.76. The molecule has 1 N–H and O–H groups in total. The Bertz CT molecular complexity index is 992. The lowest BCUT2D eigenvalue weighted by Crippen LogP contribution is -2.65. The number of aliphatic carboxylic acids is 1. The number of allylic oxidation sites excluding steroid dienone is 2. The minimum Gasteiger partial charge on any atom is -0.481 e. The van der Waals surface area contributed by atoms with Crippen LogP contribution in [0.1, 0.15) is 120 Å². The van der Waals surface area contributed by atoms with E-state index < -0.39 is 11.4 Å². The summed E-state index contributed by atoms with van der Waals surface area (Å²) >= 11 is 0. The quantitative estimate of drug-likeness (QED) is 0.311. The van der Waals surface area contributed by atoms with E-state index in [0.29, 0.717) is 11.8 Å². The van der Waals surface area contributed by atoms with E-state index in [-0.39, 0.29) is 45.1 Å². The molecule has 0 amide bonds. The van der Waals surface area contributed by atoms with Crippen molar-refractivity contribution in [2.45, 2.75) is 126 Å². The second-order valence-electron chi connectivity index (χ2n) is 15.6. The Hall–Kier alpha value is -1.32. The summed E-state index contributed by atoms with van der Waals surface area (Å²) in [6.45, 7) is 18.5. The number of carboxylic acid groups (broad SMARTS) is 1. The molecular weight excluding hydrogens is 448 g/mol. The van der Waals surface area contributed by atoms with Gasteiger partial charge in [-0.3, -0.25) is 9.59 Å². The minimum absolute atomic E-state index is 0.00181. The van der Waals surface area contributed by atoms with Gasteiger partial charge in [-0.05, 0) is 104 Å². The molecule has 2 unspecified atom stereocenters. The molecule has 5 rings (SSSR count). The zero-order valence-electron chi connectivity index (χ0n) is 24.1. The second-order valence-corrected chi connectivity index (χ2v) is 15.6. The lowest BCUT2D eigenvalue weighted by atomic mass is 9.33. The van der Waals surface area contributed by atoms with Crippen LogP contribution in [-0.4, -0.2) is 23.1 Å². The van der Waals surface area contributed by atoms with Crippen LogP contribution in [0.2, 0.25) is 0 Å². The number of carboxylic acids is 1. The Morgan fingerprint density at radius 2 is 1.56 bits per heavy atom. The first-order chi connectivity index (χ1) is 16.5. The smallest absolute Gasteiger partial charge is 0.310 e. The number of esters is 1. The Kier molecular flexibility index (Phi) is 5.74. The molecule has 0 radical (unpaired) electrons. The summed E-state index contributed by atoms with van der Waals surface area (Å²) in [7, 11) is 0. The molecule has 5 aliphatic rings. The molecule has 36 heavy (non-hydrogen) atoms. The predicted molar refractivity (Wildman–Crippen MR) is 142 cm³/mol. The topological polar surface area (TPSA) is 63.6 Å². The van der Waals surface area contributed by atoms with Gasteiger partial charge in [0.15, 0.2) is 0 Å². The Morgan fingerprint density at radius 3 is 2.19 bits per heavy atom. The van der Waals surface area contributed by atoms with E-state index in [0.717, 1.165) is 57.8 Å². The molecule has 4 saturated carbocycles. The molecule has 0 aromatic carbocycles. The van der Waals surface area contributed by atoms with Crippen molar-refractivity contribution in [1.82, 2.24) is 0 Å². The van der Waals surface area contributed by atoms with Crippen molar-refractivity contribution in [3.63, 3.8) is 0 Å². The summed E-state index contributed by atoms with van der Waals surface area (Å²) < 4.78 is 5.87. The monoisotopic (exact) mass is 498 g/mol. The van der Waals surface area contributed by atoms with Crippen molar-refractivity contribution in [2.24, 2.45) is 50.2 Å². The van der Waals surface area contributed by atoms with Crippen LogP contribution >= 0.6 is 0 Å². The molecule has 0 heterocycles. The van der Waals surface area contributed by atoms with Crippen LogP contribution in [0.4, 0.5) is 0 Å². The van der Waals surface area contributed by atoms with Crippen molar-refractivity contribution in [3.8, 4) is 0 Å². The Balaban J connectivity index is 1.55. The molecule has 4 heteroatoms. The van der Waals surface area contributed by atoms with Gasteiger partial charge in [0.1, 0.15) is 6.10 Å². The number of ether oxygens (including phenoxy) is 1. The van der Waals surface area contributed by atoms with Crippen molar-refractivity contribution in [2.75, 3.05) is 0 Å². The third-order valence-electron chi connectivity index (χ3n) is 13.3. The van der Waals surface area contributed by atoms with Crippen molar-refractivity contribution >= 4 is 11.9 Å². The summed E-state index contributed by atoms with van der Waals surface area (Å²) in [5.74, 6) is 0.546. The third kappa shape index (κ3) is 3.30. The molecule has 0 aromatic rings. The lowest BCUT2D eigenvalue weighted by Gasteiger charge is -2.71. The fourth-order valence-electron chi connectivity index (χ4n) is 11.0. The third-order valence-corrected chi connectivity index (χ3v) is 13.3. The van der Waals surface area contributed by atoms with Crippen molar-refractivity contribution < 1.29 is 19.4 Å². The van der Waals surface area contributed by atoms with Gasteiger partial charge in [-0.25, -0.2) is 0 Å². The lowest BCUT2D eigenvalue weighted by molar-refractivity contribution is -0.213. The summed E-state index contributed by atoms with van der Waals surface area (Å²) in [6.07, 6.45) is 12.6. The summed E-state index contributed by atoms with van der Waals surface area (Å²) in [6, 6.07) is 0. The van der Waals surface area contributed by atoms with Crippen LogP contribution in [-0.2, 0) is 14.3 Å². The van der Waals surface area contributed by atoms with E-state index in [4.69, 9.17) is 4.74 Å². The van der Waals surface area contributed by atoms with Gasteiger partial charge in [0.2, 0.25) is 0 Å². The van der Waals surface area contributed by atoms with E-state index in [1.807, 2.05) is 0 Å². The van der Waals surface area contributed by atoms with Crippen molar-refractivity contribution in [3.05, 3.63) is 11.6 Å². The first-order valence-corrected chi connectivity index (χ1v) is 14.6. The van der Waals surface area contributed by atoms with E-state index in [1.54, 1.807) is 6.92 Å².